The Hall–Kier alpha value is -1.08. The van der Waals surface area contributed by atoms with E-state index in [9.17, 15) is 16.8 Å². The number of benzene rings is 1. The summed E-state index contributed by atoms with van der Waals surface area (Å²) in [5.74, 6) is 0.800. The van der Waals surface area contributed by atoms with Crippen LogP contribution in [0, 0.1) is 5.92 Å². The van der Waals surface area contributed by atoms with Crippen LogP contribution in [-0.4, -0.2) is 40.6 Å². The molecule has 1 atom stereocenters. The van der Waals surface area contributed by atoms with Gasteiger partial charge in [-0.15, -0.1) is 0 Å². The van der Waals surface area contributed by atoms with Gasteiger partial charge in [0, 0.05) is 12.2 Å². The molecule has 118 valence electrons. The van der Waals surface area contributed by atoms with Crippen LogP contribution in [0.1, 0.15) is 19.8 Å². The van der Waals surface area contributed by atoms with Gasteiger partial charge in [0.15, 0.2) is 19.7 Å². The number of nitrogens with one attached hydrogen (secondary N) is 1. The van der Waals surface area contributed by atoms with Gasteiger partial charge in [-0.25, -0.2) is 16.8 Å². The number of sulfone groups is 2. The van der Waals surface area contributed by atoms with Crippen LogP contribution in [0.5, 0.6) is 0 Å². The number of hydrogen-bond donors (Lipinski definition) is 1. The molecule has 1 unspecified atom stereocenters. The third-order valence-corrected chi connectivity index (χ3v) is 7.38. The molecule has 5 nitrogen and oxygen atoms in total. The molecule has 2 rings (SSSR count). The first-order valence-electron chi connectivity index (χ1n) is 7.09. The molecular formula is C14H21NO4S2. The fourth-order valence-corrected chi connectivity index (χ4v) is 5.65. The van der Waals surface area contributed by atoms with Crippen molar-refractivity contribution in [2.75, 3.05) is 29.1 Å². The third kappa shape index (κ3) is 4.44. The average Bonchev–Trinajstić information content (AvgIpc) is 2.76. The second kappa shape index (κ2) is 6.36. The minimum absolute atomic E-state index is 0.138. The Morgan fingerprint density at radius 3 is 2.43 bits per heavy atom. The summed E-state index contributed by atoms with van der Waals surface area (Å²) in [5, 5.41) is 3.18. The molecule has 1 aliphatic heterocycles. The Bertz CT molecular complexity index is 678. The Morgan fingerprint density at radius 2 is 1.90 bits per heavy atom. The molecule has 0 saturated carbocycles. The van der Waals surface area contributed by atoms with Crippen LogP contribution in [0.25, 0.3) is 0 Å². The highest BCUT2D eigenvalue weighted by atomic mass is 32.2. The predicted octanol–water partition coefficient (Wildman–Crippen LogP) is 1.72. The molecule has 0 amide bonds. The van der Waals surface area contributed by atoms with E-state index in [-0.39, 0.29) is 23.2 Å². The smallest absolute Gasteiger partial charge is 0.178 e. The van der Waals surface area contributed by atoms with Crippen molar-refractivity contribution in [1.29, 1.82) is 0 Å². The van der Waals surface area contributed by atoms with Crippen molar-refractivity contribution >= 4 is 25.4 Å². The highest BCUT2D eigenvalue weighted by Crippen LogP contribution is 2.20. The quantitative estimate of drug-likeness (QED) is 0.858. The first-order chi connectivity index (χ1) is 9.82. The van der Waals surface area contributed by atoms with Gasteiger partial charge in [0.05, 0.1) is 22.2 Å². The number of rotatable bonds is 6. The Balaban J connectivity index is 1.94. The van der Waals surface area contributed by atoms with E-state index in [1.165, 1.54) is 0 Å². The molecule has 0 aliphatic carbocycles. The number of anilines is 1. The Labute approximate surface area is 126 Å². The molecule has 7 heteroatoms. The highest BCUT2D eigenvalue weighted by molar-refractivity contribution is 7.91. The van der Waals surface area contributed by atoms with Crippen LogP contribution >= 0.6 is 0 Å². The zero-order chi connectivity index (χ0) is 15.5. The summed E-state index contributed by atoms with van der Waals surface area (Å²) in [7, 11) is -6.03. The van der Waals surface area contributed by atoms with Gasteiger partial charge in [0.25, 0.3) is 0 Å². The van der Waals surface area contributed by atoms with Crippen LogP contribution < -0.4 is 5.32 Å². The Morgan fingerprint density at radius 1 is 1.24 bits per heavy atom. The van der Waals surface area contributed by atoms with Gasteiger partial charge in [-0.2, -0.15) is 0 Å². The fraction of sp³-hybridized carbons (Fsp3) is 0.571. The fourth-order valence-electron chi connectivity index (χ4n) is 2.46. The van der Waals surface area contributed by atoms with Gasteiger partial charge in [0.1, 0.15) is 0 Å². The molecule has 21 heavy (non-hydrogen) atoms. The topological polar surface area (TPSA) is 80.3 Å². The normalized spacial score (nSPS) is 21.3. The van der Waals surface area contributed by atoms with Gasteiger partial charge >= 0.3 is 0 Å². The SMILES string of the molecule is CCCS(=O)(=O)c1ccc(NCC2CCS(=O)(=O)C2)cc1. The van der Waals surface area contributed by atoms with E-state index in [0.717, 1.165) is 5.69 Å². The molecule has 1 saturated heterocycles. The highest BCUT2D eigenvalue weighted by Gasteiger charge is 2.27. The van der Waals surface area contributed by atoms with Crippen LogP contribution in [0.15, 0.2) is 29.2 Å². The van der Waals surface area contributed by atoms with E-state index in [2.05, 4.69) is 5.32 Å². The summed E-state index contributed by atoms with van der Waals surface area (Å²) >= 11 is 0. The molecule has 1 aromatic carbocycles. The molecule has 1 heterocycles. The monoisotopic (exact) mass is 331 g/mol. The molecule has 1 N–H and O–H groups in total. The van der Waals surface area contributed by atoms with Crippen LogP contribution in [0.3, 0.4) is 0 Å². The molecule has 1 fully saturated rings. The average molecular weight is 331 g/mol. The maximum Gasteiger partial charge on any atom is 0.178 e. The van der Waals surface area contributed by atoms with Gasteiger partial charge in [-0.3, -0.25) is 0 Å². The van der Waals surface area contributed by atoms with Gasteiger partial charge in [-0.05, 0) is 43.0 Å². The lowest BCUT2D eigenvalue weighted by atomic mass is 10.1. The second-order valence-corrected chi connectivity index (χ2v) is 9.83. The summed E-state index contributed by atoms with van der Waals surface area (Å²) in [6.07, 6.45) is 1.29. The Kier molecular flexibility index (Phi) is 4.93. The standard InChI is InChI=1S/C14H21NO4S2/c1-2-8-21(18,19)14-5-3-13(4-6-14)15-10-12-7-9-20(16,17)11-12/h3-6,12,15H,2,7-11H2,1H3. The lowest BCUT2D eigenvalue weighted by Crippen LogP contribution is -2.15. The predicted molar refractivity (Wildman–Crippen MR) is 84.0 cm³/mol. The van der Waals surface area contributed by atoms with E-state index in [0.29, 0.717) is 24.3 Å². The molecule has 0 aromatic heterocycles. The van der Waals surface area contributed by atoms with E-state index in [1.807, 2.05) is 6.92 Å². The minimum Gasteiger partial charge on any atom is -0.385 e. The molecule has 1 aromatic rings. The van der Waals surface area contributed by atoms with Crippen molar-refractivity contribution in [3.05, 3.63) is 24.3 Å². The molecular weight excluding hydrogens is 310 g/mol. The largest absolute Gasteiger partial charge is 0.385 e. The number of hydrogen-bond acceptors (Lipinski definition) is 5. The molecule has 0 bridgehead atoms. The summed E-state index contributed by atoms with van der Waals surface area (Å²) in [4.78, 5) is 0.332. The summed E-state index contributed by atoms with van der Waals surface area (Å²) in [6, 6.07) is 6.65. The van der Waals surface area contributed by atoms with E-state index < -0.39 is 19.7 Å². The van der Waals surface area contributed by atoms with E-state index >= 15 is 0 Å². The maximum absolute atomic E-state index is 11.9. The van der Waals surface area contributed by atoms with Crippen LogP contribution in [0.4, 0.5) is 5.69 Å². The van der Waals surface area contributed by atoms with Gasteiger partial charge in [0.2, 0.25) is 0 Å². The van der Waals surface area contributed by atoms with Crippen molar-refractivity contribution in [2.45, 2.75) is 24.7 Å². The van der Waals surface area contributed by atoms with Crippen molar-refractivity contribution in [3.63, 3.8) is 0 Å². The zero-order valence-electron chi connectivity index (χ0n) is 12.1. The van der Waals surface area contributed by atoms with Crippen LogP contribution in [0.2, 0.25) is 0 Å². The first-order valence-corrected chi connectivity index (χ1v) is 10.6. The molecule has 1 aliphatic rings. The van der Waals surface area contributed by atoms with E-state index in [1.54, 1.807) is 24.3 Å². The van der Waals surface area contributed by atoms with Crippen molar-refractivity contribution < 1.29 is 16.8 Å². The second-order valence-electron chi connectivity index (χ2n) is 5.49. The van der Waals surface area contributed by atoms with Gasteiger partial charge in [-0.1, -0.05) is 6.92 Å². The first kappa shape index (κ1) is 16.3. The minimum atomic E-state index is -3.18. The third-order valence-electron chi connectivity index (χ3n) is 3.61. The van der Waals surface area contributed by atoms with Crippen molar-refractivity contribution in [2.24, 2.45) is 5.92 Å². The summed E-state index contributed by atoms with van der Waals surface area (Å²) < 4.78 is 46.5. The maximum atomic E-state index is 11.9. The molecule has 0 spiro atoms. The molecule has 0 radical (unpaired) electrons. The summed E-state index contributed by atoms with van der Waals surface area (Å²) in [6.45, 7) is 2.43. The van der Waals surface area contributed by atoms with E-state index in [4.69, 9.17) is 0 Å². The van der Waals surface area contributed by atoms with Crippen LogP contribution in [-0.2, 0) is 19.7 Å². The van der Waals surface area contributed by atoms with Gasteiger partial charge < -0.3 is 5.32 Å². The zero-order valence-corrected chi connectivity index (χ0v) is 13.7. The van der Waals surface area contributed by atoms with Crippen molar-refractivity contribution in [1.82, 2.24) is 0 Å². The lowest BCUT2D eigenvalue weighted by molar-refractivity contribution is 0.593. The summed E-state index contributed by atoms with van der Waals surface area (Å²) in [5.41, 5.74) is 0.815. The van der Waals surface area contributed by atoms with Crippen molar-refractivity contribution in [3.8, 4) is 0 Å². The lowest BCUT2D eigenvalue weighted by Gasteiger charge is -2.11.